The number of imidazole rings is 1. The zero-order chi connectivity index (χ0) is 9.84. The molecule has 70 valence electrons. The fraction of sp³-hybridized carbons (Fsp3) is 0.286. The summed E-state index contributed by atoms with van der Waals surface area (Å²) in [5.74, 6) is 0.0741. The Bertz CT molecular complexity index is 397. The van der Waals surface area contributed by atoms with E-state index < -0.39 is 6.08 Å². The van der Waals surface area contributed by atoms with E-state index in [1.807, 2.05) is 13.8 Å². The number of hydrogen-bond donors (Lipinski definition) is 2. The number of aromatic nitrogens is 4. The second kappa shape index (κ2) is 3.79. The lowest BCUT2D eigenvalue weighted by molar-refractivity contribution is 0.546. The lowest BCUT2D eigenvalue weighted by atomic mass is 10.5. The maximum atomic E-state index is 12.4. The van der Waals surface area contributed by atoms with E-state index in [4.69, 9.17) is 5.73 Å². The second-order valence-corrected chi connectivity index (χ2v) is 1.98. The molecule has 0 aromatic carbocycles. The van der Waals surface area contributed by atoms with Gasteiger partial charge in [-0.15, -0.1) is 0 Å². The molecule has 0 amide bonds. The van der Waals surface area contributed by atoms with Gasteiger partial charge in [-0.25, -0.2) is 4.98 Å². The third kappa shape index (κ3) is 1.71. The number of nitrogen functional groups attached to an aromatic ring is 1. The van der Waals surface area contributed by atoms with Crippen molar-refractivity contribution in [2.24, 2.45) is 0 Å². The highest BCUT2D eigenvalue weighted by Gasteiger charge is 2.04. The molecule has 0 radical (unpaired) electrons. The predicted octanol–water partition coefficient (Wildman–Crippen LogP) is 1.10. The molecule has 0 bridgehead atoms. The average Bonchev–Trinajstić information content (AvgIpc) is 2.55. The van der Waals surface area contributed by atoms with Crippen molar-refractivity contribution in [2.75, 3.05) is 5.73 Å². The van der Waals surface area contributed by atoms with Crippen LogP contribution in [0.5, 0.6) is 0 Å². The highest BCUT2D eigenvalue weighted by atomic mass is 19.1. The van der Waals surface area contributed by atoms with E-state index in [-0.39, 0.29) is 11.5 Å². The van der Waals surface area contributed by atoms with E-state index in [0.717, 1.165) is 0 Å². The summed E-state index contributed by atoms with van der Waals surface area (Å²) < 4.78 is 12.4. The number of rotatable bonds is 0. The summed E-state index contributed by atoms with van der Waals surface area (Å²) in [6, 6.07) is 0. The van der Waals surface area contributed by atoms with Crippen LogP contribution >= 0.6 is 0 Å². The molecule has 0 unspecified atom stereocenters. The van der Waals surface area contributed by atoms with E-state index in [0.29, 0.717) is 5.52 Å². The van der Waals surface area contributed by atoms with Crippen LogP contribution in [0.15, 0.2) is 6.33 Å². The molecule has 2 rings (SSSR count). The SMILES string of the molecule is CC.Nc1nc(F)nc2nc[nH]c12. The Hall–Kier alpha value is -1.72. The quantitative estimate of drug-likeness (QED) is 0.599. The highest BCUT2D eigenvalue weighted by Crippen LogP contribution is 2.11. The van der Waals surface area contributed by atoms with Crippen LogP contribution in [-0.2, 0) is 0 Å². The van der Waals surface area contributed by atoms with Crippen LogP contribution in [0.25, 0.3) is 11.2 Å². The van der Waals surface area contributed by atoms with E-state index in [1.165, 1.54) is 6.33 Å². The molecule has 0 saturated heterocycles. The van der Waals surface area contributed by atoms with Gasteiger partial charge in [0.1, 0.15) is 5.52 Å². The van der Waals surface area contributed by atoms with E-state index in [1.54, 1.807) is 0 Å². The molecule has 2 aromatic rings. The predicted molar refractivity (Wildman–Crippen MR) is 47.4 cm³/mol. The lowest BCUT2D eigenvalue weighted by Gasteiger charge is -1.91. The molecule has 13 heavy (non-hydrogen) atoms. The van der Waals surface area contributed by atoms with Crippen molar-refractivity contribution in [2.45, 2.75) is 13.8 Å². The molecule has 0 fully saturated rings. The van der Waals surface area contributed by atoms with Gasteiger partial charge in [-0.05, 0) is 0 Å². The van der Waals surface area contributed by atoms with Crippen molar-refractivity contribution in [1.29, 1.82) is 0 Å². The fourth-order valence-electron chi connectivity index (χ4n) is 0.828. The number of halogens is 1. The average molecular weight is 183 g/mol. The summed E-state index contributed by atoms with van der Waals surface area (Å²) in [6.07, 6.45) is 0.525. The van der Waals surface area contributed by atoms with Gasteiger partial charge in [0, 0.05) is 0 Å². The first-order chi connectivity index (χ1) is 6.27. The van der Waals surface area contributed by atoms with Crippen LogP contribution in [0, 0.1) is 6.08 Å². The Morgan fingerprint density at radius 3 is 2.77 bits per heavy atom. The molecule has 0 aliphatic heterocycles. The number of anilines is 1. The molecule has 0 atom stereocenters. The van der Waals surface area contributed by atoms with Crippen molar-refractivity contribution in [1.82, 2.24) is 19.9 Å². The summed E-state index contributed by atoms with van der Waals surface area (Å²) in [6.45, 7) is 4.00. The number of aromatic amines is 1. The largest absolute Gasteiger partial charge is 0.382 e. The Kier molecular flexibility index (Phi) is 2.73. The zero-order valence-electron chi connectivity index (χ0n) is 7.37. The smallest absolute Gasteiger partial charge is 0.312 e. The van der Waals surface area contributed by atoms with Gasteiger partial charge in [0.25, 0.3) is 0 Å². The van der Waals surface area contributed by atoms with Crippen LogP contribution in [0.2, 0.25) is 0 Å². The first-order valence-corrected chi connectivity index (χ1v) is 3.89. The molecular formula is C7H10FN5. The van der Waals surface area contributed by atoms with Gasteiger partial charge < -0.3 is 10.7 Å². The van der Waals surface area contributed by atoms with Crippen LogP contribution in [0.1, 0.15) is 13.8 Å². The van der Waals surface area contributed by atoms with E-state index >= 15 is 0 Å². The van der Waals surface area contributed by atoms with Crippen molar-refractivity contribution < 1.29 is 4.39 Å². The summed E-state index contributed by atoms with van der Waals surface area (Å²) in [4.78, 5) is 13.1. The Balaban J connectivity index is 0.000000396. The first kappa shape index (κ1) is 9.37. The lowest BCUT2D eigenvalue weighted by Crippen LogP contribution is -1.97. The Labute approximate surface area is 74.2 Å². The monoisotopic (exact) mass is 183 g/mol. The molecule has 0 aliphatic carbocycles. The topological polar surface area (TPSA) is 80.5 Å². The third-order valence-corrected chi connectivity index (χ3v) is 1.29. The van der Waals surface area contributed by atoms with Crippen molar-refractivity contribution in [3.05, 3.63) is 12.4 Å². The number of nitrogens with two attached hydrogens (primary N) is 1. The maximum absolute atomic E-state index is 12.4. The number of H-pyrrole nitrogens is 1. The second-order valence-electron chi connectivity index (χ2n) is 1.98. The normalized spacial score (nSPS) is 9.46. The first-order valence-electron chi connectivity index (χ1n) is 3.89. The van der Waals surface area contributed by atoms with E-state index in [9.17, 15) is 4.39 Å². The fourth-order valence-corrected chi connectivity index (χ4v) is 0.828. The van der Waals surface area contributed by atoms with Crippen molar-refractivity contribution in [3.8, 4) is 0 Å². The highest BCUT2D eigenvalue weighted by molar-refractivity contribution is 5.80. The van der Waals surface area contributed by atoms with Gasteiger partial charge >= 0.3 is 6.08 Å². The van der Waals surface area contributed by atoms with Gasteiger partial charge in [0.15, 0.2) is 11.5 Å². The number of nitrogens with zero attached hydrogens (tertiary/aromatic N) is 3. The van der Waals surface area contributed by atoms with Crippen LogP contribution < -0.4 is 5.73 Å². The summed E-state index contributed by atoms with van der Waals surface area (Å²) in [5.41, 5.74) is 6.05. The molecule has 6 heteroatoms. The summed E-state index contributed by atoms with van der Waals surface area (Å²) >= 11 is 0. The minimum atomic E-state index is -0.859. The van der Waals surface area contributed by atoms with Crippen LogP contribution in [0.3, 0.4) is 0 Å². The minimum absolute atomic E-state index is 0.0741. The van der Waals surface area contributed by atoms with Gasteiger partial charge in [-0.3, -0.25) is 0 Å². The number of fused-ring (bicyclic) bond motifs is 1. The van der Waals surface area contributed by atoms with Gasteiger partial charge in [-0.2, -0.15) is 14.4 Å². The maximum Gasteiger partial charge on any atom is 0.312 e. The summed E-state index contributed by atoms with van der Waals surface area (Å²) in [7, 11) is 0. The number of hydrogen-bond acceptors (Lipinski definition) is 4. The van der Waals surface area contributed by atoms with Crippen molar-refractivity contribution in [3.63, 3.8) is 0 Å². The molecule has 3 N–H and O–H groups in total. The van der Waals surface area contributed by atoms with Gasteiger partial charge in [0.2, 0.25) is 0 Å². The van der Waals surface area contributed by atoms with Crippen molar-refractivity contribution >= 4 is 17.0 Å². The standard InChI is InChI=1S/C5H4FN5.C2H6/c6-5-10-3(7)2-4(11-5)9-1-8-2;1-2/h1H,(H3,7,8,9,10,11);1-2H3. The van der Waals surface area contributed by atoms with Crippen LogP contribution in [-0.4, -0.2) is 19.9 Å². The molecule has 2 aromatic heterocycles. The molecular weight excluding hydrogens is 173 g/mol. The summed E-state index contributed by atoms with van der Waals surface area (Å²) in [5, 5.41) is 0. The van der Waals surface area contributed by atoms with Gasteiger partial charge in [-0.1, -0.05) is 13.8 Å². The molecule has 0 saturated carbocycles. The molecule has 2 heterocycles. The van der Waals surface area contributed by atoms with Crippen LogP contribution in [0.4, 0.5) is 10.2 Å². The molecule has 5 nitrogen and oxygen atoms in total. The third-order valence-electron chi connectivity index (χ3n) is 1.29. The van der Waals surface area contributed by atoms with E-state index in [2.05, 4.69) is 19.9 Å². The zero-order valence-corrected chi connectivity index (χ0v) is 7.37. The molecule has 0 aliphatic rings. The van der Waals surface area contributed by atoms with Gasteiger partial charge in [0.05, 0.1) is 6.33 Å². The Morgan fingerprint density at radius 2 is 2.08 bits per heavy atom. The Morgan fingerprint density at radius 1 is 1.38 bits per heavy atom. The molecule has 0 spiro atoms. The number of nitrogens with one attached hydrogen (secondary N) is 1. The minimum Gasteiger partial charge on any atom is -0.382 e.